The van der Waals surface area contributed by atoms with Gasteiger partial charge in [-0.05, 0) is 0 Å². The van der Waals surface area contributed by atoms with Gasteiger partial charge in [-0.2, -0.15) is 0 Å². The number of hydrogen-bond donors (Lipinski definition) is 0. The van der Waals surface area contributed by atoms with Crippen LogP contribution in [0.5, 0.6) is 0 Å². The van der Waals surface area contributed by atoms with Gasteiger partial charge in [0.1, 0.15) is 0 Å². The van der Waals surface area contributed by atoms with Crippen molar-refractivity contribution in [2.45, 2.75) is 134 Å². The lowest BCUT2D eigenvalue weighted by Crippen LogP contribution is -1.84. The molecule has 0 aliphatic carbocycles. The maximum Gasteiger partial charge on any atom is 0.490 e. The van der Waals surface area contributed by atoms with Crippen LogP contribution >= 0.6 is 0 Å². The Balaban J connectivity index is 2.92. The second-order valence-corrected chi connectivity index (χ2v) is 8.19. The van der Waals surface area contributed by atoms with Crippen LogP contribution in [0.1, 0.15) is 129 Å². The molecule has 0 bridgehead atoms. The molecule has 137 valence electrons. The third kappa shape index (κ3) is 22.5. The average molecular weight is 342 g/mol. The molecule has 0 spiro atoms. The largest absolute Gasteiger partial charge is 0.490 e. The highest BCUT2D eigenvalue weighted by Crippen LogP contribution is 2.14. The summed E-state index contributed by atoms with van der Waals surface area (Å²) in [6.45, 7) is 2.29. The molecule has 0 aromatic rings. The first kappa shape index (κ1) is 23.5. The third-order valence-corrected chi connectivity index (χ3v) is 5.54. The van der Waals surface area contributed by atoms with Crippen LogP contribution in [0.2, 0.25) is 5.28 Å². The number of halogens is 1. The molecule has 1 radical (unpaired) electrons. The van der Waals surface area contributed by atoms with E-state index in [9.17, 15) is 3.52 Å². The molecule has 0 rings (SSSR count). The molecule has 0 saturated carbocycles. The maximum absolute atomic E-state index is 12.0. The summed E-state index contributed by atoms with van der Waals surface area (Å²) in [5.41, 5.74) is 0. The van der Waals surface area contributed by atoms with E-state index in [0.717, 1.165) is 11.7 Å². The predicted octanol–water partition coefficient (Wildman–Crippen LogP) is 8.43. The summed E-state index contributed by atoms with van der Waals surface area (Å²) in [5, 5.41) is 0.860. The van der Waals surface area contributed by atoms with Gasteiger partial charge in [0, 0.05) is 0 Å². The molecule has 0 unspecified atom stereocenters. The second kappa shape index (κ2) is 22.5. The summed E-state index contributed by atoms with van der Waals surface area (Å²) in [7, 11) is 0. The topological polar surface area (TPSA) is 0 Å². The summed E-state index contributed by atoms with van der Waals surface area (Å²) in [5.74, 6) is 0. The Hall–Kier alpha value is 0.462. The highest BCUT2D eigenvalue weighted by atomic mass is 27.2. The summed E-state index contributed by atoms with van der Waals surface area (Å²) < 4.78 is 12.0. The van der Waals surface area contributed by atoms with Gasteiger partial charge in [-0.3, -0.25) is 0 Å². The Morgan fingerprint density at radius 1 is 0.435 bits per heavy atom. The van der Waals surface area contributed by atoms with Crippen LogP contribution in [0.15, 0.2) is 0 Å². The van der Waals surface area contributed by atoms with Crippen molar-refractivity contribution in [1.82, 2.24) is 0 Å². The van der Waals surface area contributed by atoms with E-state index >= 15 is 0 Å². The first-order valence-electron chi connectivity index (χ1n) is 10.8. The van der Waals surface area contributed by atoms with Gasteiger partial charge >= 0.3 is 15.7 Å². The van der Waals surface area contributed by atoms with Crippen molar-refractivity contribution in [3.05, 3.63) is 0 Å². The molecule has 0 nitrogen and oxygen atoms in total. The van der Waals surface area contributed by atoms with Crippen molar-refractivity contribution < 1.29 is 3.52 Å². The quantitative estimate of drug-likeness (QED) is 0.154. The standard InChI is InChI=1S/C21H43.Al.FH/c1-3-5-7-9-11-13-15-17-19-21-20-18-16-14-12-10-8-6-4-2;;/h1,3-21H2,2H3;;1H/q;+1;/p-1. The zero-order valence-electron chi connectivity index (χ0n) is 16.1. The Morgan fingerprint density at radius 2 is 0.696 bits per heavy atom. The van der Waals surface area contributed by atoms with Crippen LogP contribution in [0.4, 0.5) is 3.52 Å². The van der Waals surface area contributed by atoms with Gasteiger partial charge in [-0.25, -0.2) is 0 Å². The fraction of sp³-hybridized carbons (Fsp3) is 1.00. The Labute approximate surface area is 153 Å². The van der Waals surface area contributed by atoms with Gasteiger partial charge < -0.3 is 3.52 Å². The van der Waals surface area contributed by atoms with E-state index in [1.165, 1.54) is 116 Å². The molecule has 2 heteroatoms. The average Bonchev–Trinajstić information content (AvgIpc) is 2.57. The minimum atomic E-state index is -0.743. The van der Waals surface area contributed by atoms with Gasteiger partial charge in [0.15, 0.2) is 0 Å². The lowest BCUT2D eigenvalue weighted by molar-refractivity contribution is 0.524. The minimum Gasteiger partial charge on any atom is -0.432 e. The SMILES string of the molecule is CCCCCCCCCCCCCCCCCCCC[CH2][Al][F]. The van der Waals surface area contributed by atoms with Crippen LogP contribution in [-0.2, 0) is 0 Å². The molecule has 0 heterocycles. The Kier molecular flexibility index (Phi) is 22.9. The van der Waals surface area contributed by atoms with Crippen LogP contribution in [0.3, 0.4) is 0 Å². The molecule has 0 aromatic heterocycles. The first-order valence-corrected chi connectivity index (χ1v) is 12.1. The molecule has 0 amide bonds. The van der Waals surface area contributed by atoms with E-state index in [1.54, 1.807) is 0 Å². The van der Waals surface area contributed by atoms with Gasteiger partial charge in [0.25, 0.3) is 0 Å². The first-order chi connectivity index (χ1) is 11.4. The van der Waals surface area contributed by atoms with E-state index in [-0.39, 0.29) is 0 Å². The molecule has 0 aromatic carbocycles. The van der Waals surface area contributed by atoms with Crippen LogP contribution in [-0.4, -0.2) is 15.7 Å². The fourth-order valence-electron chi connectivity index (χ4n) is 3.30. The third-order valence-electron chi connectivity index (χ3n) is 4.92. The number of hydrogen-bond acceptors (Lipinski definition) is 0. The van der Waals surface area contributed by atoms with E-state index in [1.807, 2.05) is 0 Å². The van der Waals surface area contributed by atoms with E-state index < -0.39 is 15.7 Å². The van der Waals surface area contributed by atoms with Crippen molar-refractivity contribution in [2.75, 3.05) is 0 Å². The monoisotopic (exact) mass is 341 g/mol. The molecule has 0 aliphatic rings. The Bertz CT molecular complexity index is 176. The summed E-state index contributed by atoms with van der Waals surface area (Å²) in [6.07, 6.45) is 26.8. The normalized spacial score (nSPS) is 11.0. The molecule has 23 heavy (non-hydrogen) atoms. The fourth-order valence-corrected chi connectivity index (χ4v) is 3.74. The molecule has 0 N–H and O–H groups in total. The van der Waals surface area contributed by atoms with Gasteiger partial charge in [-0.15, -0.1) is 0 Å². The zero-order chi connectivity index (χ0) is 16.8. The Morgan fingerprint density at radius 3 is 0.957 bits per heavy atom. The highest BCUT2D eigenvalue weighted by molar-refractivity contribution is 6.25. The molecule has 0 saturated heterocycles. The van der Waals surface area contributed by atoms with Gasteiger partial charge in [0.05, 0.1) is 0 Å². The van der Waals surface area contributed by atoms with E-state index in [4.69, 9.17) is 0 Å². The molecule has 0 aliphatic heterocycles. The van der Waals surface area contributed by atoms with Crippen molar-refractivity contribution in [1.29, 1.82) is 0 Å². The molecular weight excluding hydrogens is 298 g/mol. The van der Waals surface area contributed by atoms with E-state index in [2.05, 4.69) is 6.92 Å². The molecular formula is C21H43AlF. The second-order valence-electron chi connectivity index (χ2n) is 7.31. The van der Waals surface area contributed by atoms with E-state index in [0.29, 0.717) is 0 Å². The van der Waals surface area contributed by atoms with Crippen LogP contribution in [0, 0.1) is 0 Å². The van der Waals surface area contributed by atoms with Crippen molar-refractivity contribution in [3.63, 3.8) is 0 Å². The van der Waals surface area contributed by atoms with Crippen molar-refractivity contribution in [3.8, 4) is 0 Å². The predicted molar refractivity (Wildman–Crippen MR) is 105 cm³/mol. The van der Waals surface area contributed by atoms with Crippen LogP contribution in [0.25, 0.3) is 0 Å². The minimum absolute atomic E-state index is 0.743. The lowest BCUT2D eigenvalue weighted by atomic mass is 10.0. The van der Waals surface area contributed by atoms with Crippen molar-refractivity contribution in [2.24, 2.45) is 0 Å². The van der Waals surface area contributed by atoms with Gasteiger partial charge in [-0.1, -0.05) is 134 Å². The lowest BCUT2D eigenvalue weighted by Gasteiger charge is -2.03. The molecule has 0 atom stereocenters. The molecule has 0 fully saturated rings. The summed E-state index contributed by atoms with van der Waals surface area (Å²) >= 11 is -0.743. The zero-order valence-corrected chi connectivity index (χ0v) is 17.3. The van der Waals surface area contributed by atoms with Crippen LogP contribution < -0.4 is 0 Å². The summed E-state index contributed by atoms with van der Waals surface area (Å²) in [4.78, 5) is 0. The van der Waals surface area contributed by atoms with Crippen molar-refractivity contribution >= 4 is 15.7 Å². The van der Waals surface area contributed by atoms with Gasteiger partial charge in [0.2, 0.25) is 0 Å². The maximum atomic E-state index is 12.0. The summed E-state index contributed by atoms with van der Waals surface area (Å²) in [6, 6.07) is 0. The smallest absolute Gasteiger partial charge is 0.432 e. The highest BCUT2D eigenvalue weighted by Gasteiger charge is 1.95. The number of rotatable bonds is 20. The number of unbranched alkanes of at least 4 members (excludes halogenated alkanes) is 18.